The van der Waals surface area contributed by atoms with Crippen LogP contribution < -0.4 is 10.6 Å². The van der Waals surface area contributed by atoms with Crippen molar-refractivity contribution in [3.63, 3.8) is 0 Å². The van der Waals surface area contributed by atoms with Gasteiger partial charge in [-0.1, -0.05) is 0 Å². The fourth-order valence-electron chi connectivity index (χ4n) is 1.42. The molecule has 1 fully saturated rings. The summed E-state index contributed by atoms with van der Waals surface area (Å²) in [5.74, 6) is 0.595. The lowest BCUT2D eigenvalue weighted by Gasteiger charge is -2.09. The molecule has 1 aliphatic heterocycles. The van der Waals surface area contributed by atoms with Crippen LogP contribution in [0.15, 0.2) is 12.4 Å². The monoisotopic (exact) mass is 189 g/mol. The Morgan fingerprint density at radius 1 is 1.50 bits per heavy atom. The summed E-state index contributed by atoms with van der Waals surface area (Å²) >= 11 is 0. The lowest BCUT2D eigenvalue weighted by Crippen LogP contribution is -2.23. The van der Waals surface area contributed by atoms with Crippen LogP contribution in [0.1, 0.15) is 12.0 Å². The van der Waals surface area contributed by atoms with Crippen LogP contribution in [0, 0.1) is 11.3 Å². The summed E-state index contributed by atoms with van der Waals surface area (Å²) in [5, 5.41) is 15.0. The van der Waals surface area contributed by atoms with Crippen LogP contribution in [0.2, 0.25) is 0 Å². The highest BCUT2D eigenvalue weighted by Gasteiger charge is 2.14. The zero-order chi connectivity index (χ0) is 9.80. The zero-order valence-electron chi connectivity index (χ0n) is 7.70. The van der Waals surface area contributed by atoms with Crippen molar-refractivity contribution in [2.45, 2.75) is 12.5 Å². The van der Waals surface area contributed by atoms with E-state index in [-0.39, 0.29) is 0 Å². The second-order valence-corrected chi connectivity index (χ2v) is 3.24. The van der Waals surface area contributed by atoms with E-state index in [1.165, 1.54) is 12.4 Å². The largest absolute Gasteiger partial charge is 0.350 e. The molecule has 0 aliphatic carbocycles. The van der Waals surface area contributed by atoms with Gasteiger partial charge < -0.3 is 10.6 Å². The molecule has 1 saturated heterocycles. The van der Waals surface area contributed by atoms with Crippen molar-refractivity contribution >= 4 is 5.95 Å². The predicted octanol–water partition coefficient (Wildman–Crippen LogP) is 0.122. The highest BCUT2D eigenvalue weighted by atomic mass is 15.1. The highest BCUT2D eigenvalue weighted by Crippen LogP contribution is 2.05. The average Bonchev–Trinajstić information content (AvgIpc) is 2.72. The summed E-state index contributed by atoms with van der Waals surface area (Å²) < 4.78 is 0. The third-order valence-electron chi connectivity index (χ3n) is 2.17. The molecule has 1 aromatic rings. The van der Waals surface area contributed by atoms with Gasteiger partial charge in [0.15, 0.2) is 0 Å². The van der Waals surface area contributed by atoms with E-state index in [0.717, 1.165) is 19.5 Å². The van der Waals surface area contributed by atoms with E-state index in [9.17, 15) is 0 Å². The molecule has 2 heterocycles. The Morgan fingerprint density at radius 3 is 2.86 bits per heavy atom. The molecule has 0 spiro atoms. The third-order valence-corrected chi connectivity index (χ3v) is 2.17. The van der Waals surface area contributed by atoms with Gasteiger partial charge in [-0.15, -0.1) is 0 Å². The van der Waals surface area contributed by atoms with Gasteiger partial charge in [-0.05, 0) is 13.0 Å². The van der Waals surface area contributed by atoms with Gasteiger partial charge in [-0.3, -0.25) is 0 Å². The molecule has 1 aromatic heterocycles. The van der Waals surface area contributed by atoms with E-state index in [1.54, 1.807) is 0 Å². The molecule has 1 atom stereocenters. The third kappa shape index (κ3) is 1.98. The molecule has 2 N–H and O–H groups in total. The van der Waals surface area contributed by atoms with Crippen molar-refractivity contribution in [1.82, 2.24) is 15.3 Å². The zero-order valence-corrected chi connectivity index (χ0v) is 7.70. The summed E-state index contributed by atoms with van der Waals surface area (Å²) in [6.07, 6.45) is 4.14. The van der Waals surface area contributed by atoms with Gasteiger partial charge in [0.1, 0.15) is 6.07 Å². The Kier molecular flexibility index (Phi) is 2.56. The van der Waals surface area contributed by atoms with E-state index >= 15 is 0 Å². The number of nitrogens with one attached hydrogen (secondary N) is 2. The van der Waals surface area contributed by atoms with Crippen LogP contribution in [0.4, 0.5) is 5.95 Å². The maximum absolute atomic E-state index is 8.55. The van der Waals surface area contributed by atoms with Crippen molar-refractivity contribution in [2.24, 2.45) is 0 Å². The molecular formula is C9H11N5. The first-order valence-electron chi connectivity index (χ1n) is 4.58. The quantitative estimate of drug-likeness (QED) is 0.691. The number of nitrogens with zero attached hydrogens (tertiary/aromatic N) is 3. The molecule has 5 heteroatoms. The Morgan fingerprint density at radius 2 is 2.29 bits per heavy atom. The number of aromatic nitrogens is 2. The molecule has 0 bridgehead atoms. The minimum absolute atomic E-state index is 0.405. The van der Waals surface area contributed by atoms with Crippen molar-refractivity contribution < 1.29 is 0 Å². The van der Waals surface area contributed by atoms with Crippen LogP contribution in [-0.2, 0) is 0 Å². The molecule has 0 radical (unpaired) electrons. The van der Waals surface area contributed by atoms with Crippen molar-refractivity contribution in [2.75, 3.05) is 18.4 Å². The molecule has 0 unspecified atom stereocenters. The van der Waals surface area contributed by atoms with Crippen LogP contribution in [0.25, 0.3) is 0 Å². The topological polar surface area (TPSA) is 73.6 Å². The standard InChI is InChI=1S/C9H11N5/c10-3-7-4-12-9(13-5-7)14-8-1-2-11-6-8/h4-5,8,11H,1-2,6H2,(H,12,13,14)/t8-/m1/s1. The Hall–Kier alpha value is -1.67. The van der Waals surface area contributed by atoms with Crippen LogP contribution >= 0.6 is 0 Å². The minimum Gasteiger partial charge on any atom is -0.350 e. The van der Waals surface area contributed by atoms with Crippen LogP contribution in [0.5, 0.6) is 0 Å². The maximum Gasteiger partial charge on any atom is 0.222 e. The van der Waals surface area contributed by atoms with Gasteiger partial charge in [0.2, 0.25) is 5.95 Å². The fraction of sp³-hybridized carbons (Fsp3) is 0.444. The van der Waals surface area contributed by atoms with Crippen molar-refractivity contribution in [1.29, 1.82) is 5.26 Å². The summed E-state index contributed by atoms with van der Waals surface area (Å²) in [6, 6.07) is 2.39. The molecule has 5 nitrogen and oxygen atoms in total. The van der Waals surface area contributed by atoms with E-state index in [1.807, 2.05) is 6.07 Å². The molecule has 14 heavy (non-hydrogen) atoms. The molecule has 0 aromatic carbocycles. The first-order chi connectivity index (χ1) is 6.88. The average molecular weight is 189 g/mol. The van der Waals surface area contributed by atoms with E-state index in [2.05, 4.69) is 20.6 Å². The smallest absolute Gasteiger partial charge is 0.222 e. The van der Waals surface area contributed by atoms with E-state index in [4.69, 9.17) is 5.26 Å². The maximum atomic E-state index is 8.55. The number of rotatable bonds is 2. The lowest BCUT2D eigenvalue weighted by atomic mass is 10.3. The van der Waals surface area contributed by atoms with Crippen LogP contribution in [-0.4, -0.2) is 29.1 Å². The fourth-order valence-corrected chi connectivity index (χ4v) is 1.42. The Balaban J connectivity index is 1.99. The number of hydrogen-bond acceptors (Lipinski definition) is 5. The summed E-state index contributed by atoms with van der Waals surface area (Å²) in [5.41, 5.74) is 0.486. The van der Waals surface area contributed by atoms with Crippen molar-refractivity contribution in [3.05, 3.63) is 18.0 Å². The number of nitriles is 1. The lowest BCUT2D eigenvalue weighted by molar-refractivity contribution is 0.780. The first-order valence-corrected chi connectivity index (χ1v) is 4.58. The van der Waals surface area contributed by atoms with Crippen LogP contribution in [0.3, 0.4) is 0 Å². The van der Waals surface area contributed by atoms with E-state index in [0.29, 0.717) is 17.6 Å². The Bertz CT molecular complexity index is 333. The summed E-state index contributed by atoms with van der Waals surface area (Å²) in [7, 11) is 0. The molecule has 2 rings (SSSR count). The minimum atomic E-state index is 0.405. The van der Waals surface area contributed by atoms with Gasteiger partial charge in [-0.2, -0.15) is 5.26 Å². The summed E-state index contributed by atoms with van der Waals surface area (Å²) in [4.78, 5) is 8.08. The van der Waals surface area contributed by atoms with Gasteiger partial charge >= 0.3 is 0 Å². The normalized spacial score (nSPS) is 20.4. The van der Waals surface area contributed by atoms with Gasteiger partial charge in [-0.25, -0.2) is 9.97 Å². The first kappa shape index (κ1) is 8.91. The summed E-state index contributed by atoms with van der Waals surface area (Å²) in [6.45, 7) is 1.98. The van der Waals surface area contributed by atoms with Crippen molar-refractivity contribution in [3.8, 4) is 6.07 Å². The molecule has 1 aliphatic rings. The van der Waals surface area contributed by atoms with Gasteiger partial charge in [0.05, 0.1) is 18.0 Å². The Labute approximate surface area is 82.2 Å². The highest BCUT2D eigenvalue weighted by molar-refractivity contribution is 5.31. The molecule has 0 amide bonds. The molecular weight excluding hydrogens is 178 g/mol. The second-order valence-electron chi connectivity index (χ2n) is 3.24. The number of anilines is 1. The van der Waals surface area contributed by atoms with Gasteiger partial charge in [0, 0.05) is 12.6 Å². The second kappa shape index (κ2) is 4.03. The molecule has 0 saturated carbocycles. The molecule has 72 valence electrons. The number of hydrogen-bond donors (Lipinski definition) is 2. The van der Waals surface area contributed by atoms with Gasteiger partial charge in [0.25, 0.3) is 0 Å². The van der Waals surface area contributed by atoms with E-state index < -0.39 is 0 Å². The predicted molar refractivity (Wildman–Crippen MR) is 51.6 cm³/mol. The SMILES string of the molecule is N#Cc1cnc(N[C@@H]2CCNC2)nc1.